The van der Waals surface area contributed by atoms with Crippen LogP contribution in [0.15, 0.2) is 63.8 Å². The molecule has 2 heterocycles. The van der Waals surface area contributed by atoms with Crippen molar-refractivity contribution in [1.29, 1.82) is 5.26 Å². The first-order chi connectivity index (χ1) is 16.0. The maximum atomic E-state index is 13.4. The molecular weight excluding hydrogens is 454 g/mol. The molecule has 170 valence electrons. The van der Waals surface area contributed by atoms with Gasteiger partial charge in [-0.1, -0.05) is 49.2 Å². The quantitative estimate of drug-likeness (QED) is 0.537. The molecule has 7 nitrogen and oxygen atoms in total. The van der Waals surface area contributed by atoms with Crippen molar-refractivity contribution >= 4 is 45.7 Å². The van der Waals surface area contributed by atoms with Gasteiger partial charge in [-0.15, -0.1) is 11.3 Å². The zero-order chi connectivity index (χ0) is 23.3. The molecule has 0 atom stereocenters. The third kappa shape index (κ3) is 4.97. The van der Waals surface area contributed by atoms with Crippen molar-refractivity contribution in [2.45, 2.75) is 39.0 Å². The summed E-state index contributed by atoms with van der Waals surface area (Å²) in [6.07, 6.45) is 6.09. The summed E-state index contributed by atoms with van der Waals surface area (Å²) >= 11 is 2.65. The molecule has 3 N–H and O–H groups in total. The molecule has 0 saturated heterocycles. The van der Waals surface area contributed by atoms with E-state index in [-0.39, 0.29) is 17.6 Å². The molecule has 4 rings (SSSR count). The molecule has 0 unspecified atom stereocenters. The number of dihydropyridines is 1. The van der Waals surface area contributed by atoms with Gasteiger partial charge in [-0.05, 0) is 31.9 Å². The van der Waals surface area contributed by atoms with Crippen LogP contribution in [0, 0.1) is 16.7 Å². The van der Waals surface area contributed by atoms with Crippen molar-refractivity contribution in [2.75, 3.05) is 16.4 Å². The molecule has 1 aromatic heterocycles. The van der Waals surface area contributed by atoms with Gasteiger partial charge < -0.3 is 16.0 Å². The second-order valence-electron chi connectivity index (χ2n) is 8.08. The number of nitrogens with zero attached hydrogens (tertiary/aromatic N) is 2. The van der Waals surface area contributed by atoms with Crippen LogP contribution in [0.5, 0.6) is 0 Å². The van der Waals surface area contributed by atoms with Crippen molar-refractivity contribution in [2.24, 2.45) is 5.41 Å². The lowest BCUT2D eigenvalue weighted by Gasteiger charge is -2.43. The minimum absolute atomic E-state index is 0.141. The Kier molecular flexibility index (Phi) is 7.16. The SMILES string of the molecule is CC1=C(C(=O)Nc2ccccc2)C2(CCCCC2)C(C#N)=C(SCC(=O)Nc2nccs2)N1. The van der Waals surface area contributed by atoms with Crippen LogP contribution in [0.3, 0.4) is 0 Å². The number of hydrogen-bond donors (Lipinski definition) is 3. The number of para-hydroxylation sites is 1. The molecule has 2 aliphatic rings. The van der Waals surface area contributed by atoms with Crippen LogP contribution in [0.1, 0.15) is 39.0 Å². The number of nitriles is 1. The Bertz CT molecular complexity index is 1130. The zero-order valence-electron chi connectivity index (χ0n) is 18.3. The van der Waals surface area contributed by atoms with E-state index in [0.717, 1.165) is 43.5 Å². The summed E-state index contributed by atoms with van der Waals surface area (Å²) in [6.45, 7) is 1.88. The van der Waals surface area contributed by atoms with Gasteiger partial charge in [0.25, 0.3) is 5.91 Å². The number of anilines is 2. The monoisotopic (exact) mass is 479 g/mol. The van der Waals surface area contributed by atoms with Crippen LogP contribution in [-0.2, 0) is 9.59 Å². The molecule has 2 amide bonds. The third-order valence-corrected chi connectivity index (χ3v) is 7.65. The van der Waals surface area contributed by atoms with Crippen LogP contribution in [0.2, 0.25) is 0 Å². The minimum atomic E-state index is -0.644. The highest BCUT2D eigenvalue weighted by molar-refractivity contribution is 8.03. The largest absolute Gasteiger partial charge is 0.353 e. The summed E-state index contributed by atoms with van der Waals surface area (Å²) in [5.74, 6) is -0.234. The third-order valence-electron chi connectivity index (χ3n) is 5.96. The molecule has 0 radical (unpaired) electrons. The highest BCUT2D eigenvalue weighted by Crippen LogP contribution is 2.52. The second kappa shape index (κ2) is 10.2. The van der Waals surface area contributed by atoms with Crippen LogP contribution in [-0.4, -0.2) is 22.6 Å². The van der Waals surface area contributed by atoms with E-state index < -0.39 is 5.41 Å². The number of nitrogens with one attached hydrogen (secondary N) is 3. The summed E-state index contributed by atoms with van der Waals surface area (Å²) in [6, 6.07) is 11.7. The lowest BCUT2D eigenvalue weighted by atomic mass is 9.63. The van der Waals surface area contributed by atoms with Gasteiger partial charge >= 0.3 is 0 Å². The van der Waals surface area contributed by atoms with E-state index >= 15 is 0 Å². The number of allylic oxidation sites excluding steroid dienone is 2. The second-order valence-corrected chi connectivity index (χ2v) is 9.96. The summed E-state index contributed by atoms with van der Waals surface area (Å²) in [5.41, 5.74) is 1.98. The number of amides is 2. The summed E-state index contributed by atoms with van der Waals surface area (Å²) in [5, 5.41) is 22.2. The number of hydrogen-bond acceptors (Lipinski definition) is 7. The standard InChI is InChI=1S/C24H25N5O2S2/c1-16-20(21(31)28-17-8-4-2-5-9-17)24(10-6-3-7-11-24)18(14-25)22(27-16)33-15-19(30)29-23-26-12-13-32-23/h2,4-5,8-9,12-13,27H,3,6-7,10-11,15H2,1H3,(H,28,31)(H,26,29,30). The highest BCUT2D eigenvalue weighted by Gasteiger charge is 2.47. The van der Waals surface area contributed by atoms with Gasteiger partial charge in [0.05, 0.1) is 22.4 Å². The van der Waals surface area contributed by atoms with E-state index in [9.17, 15) is 14.9 Å². The molecule has 1 saturated carbocycles. The van der Waals surface area contributed by atoms with Crippen molar-refractivity contribution in [3.8, 4) is 6.07 Å². The Morgan fingerprint density at radius 3 is 2.64 bits per heavy atom. The van der Waals surface area contributed by atoms with E-state index in [1.807, 2.05) is 37.3 Å². The lowest BCUT2D eigenvalue weighted by Crippen LogP contribution is -2.41. The Labute approximate surface area is 201 Å². The van der Waals surface area contributed by atoms with E-state index in [1.165, 1.54) is 23.1 Å². The molecule has 1 fully saturated rings. The van der Waals surface area contributed by atoms with E-state index in [4.69, 9.17) is 0 Å². The van der Waals surface area contributed by atoms with Crippen LogP contribution in [0.4, 0.5) is 10.8 Å². The van der Waals surface area contributed by atoms with Crippen LogP contribution in [0.25, 0.3) is 0 Å². The average Bonchev–Trinajstić information content (AvgIpc) is 3.32. The van der Waals surface area contributed by atoms with Gasteiger partial charge in [-0.2, -0.15) is 5.26 Å². The van der Waals surface area contributed by atoms with Gasteiger partial charge in [0.15, 0.2) is 5.13 Å². The Balaban J connectivity index is 1.60. The van der Waals surface area contributed by atoms with Crippen molar-refractivity contribution in [3.05, 3.63) is 63.8 Å². The summed E-state index contributed by atoms with van der Waals surface area (Å²) in [4.78, 5) is 29.9. The van der Waals surface area contributed by atoms with E-state index in [0.29, 0.717) is 21.3 Å². The molecule has 33 heavy (non-hydrogen) atoms. The van der Waals surface area contributed by atoms with Gasteiger partial charge in [-0.3, -0.25) is 9.59 Å². The number of rotatable bonds is 6. The Morgan fingerprint density at radius 2 is 1.97 bits per heavy atom. The maximum absolute atomic E-state index is 13.4. The number of aromatic nitrogens is 1. The number of carbonyl (C=O) groups is 2. The molecule has 1 aromatic carbocycles. The highest BCUT2D eigenvalue weighted by atomic mass is 32.2. The number of carbonyl (C=O) groups excluding carboxylic acids is 2. The maximum Gasteiger partial charge on any atom is 0.254 e. The van der Waals surface area contributed by atoms with Gasteiger partial charge in [-0.25, -0.2) is 4.98 Å². The van der Waals surface area contributed by atoms with Gasteiger partial charge in [0, 0.05) is 33.9 Å². The predicted molar refractivity (Wildman–Crippen MR) is 132 cm³/mol. The van der Waals surface area contributed by atoms with Crippen LogP contribution < -0.4 is 16.0 Å². The summed E-state index contributed by atoms with van der Waals surface area (Å²) in [7, 11) is 0. The predicted octanol–water partition coefficient (Wildman–Crippen LogP) is 5.02. The number of thiazole rings is 1. The Morgan fingerprint density at radius 1 is 1.21 bits per heavy atom. The van der Waals surface area contributed by atoms with Crippen molar-refractivity contribution in [1.82, 2.24) is 10.3 Å². The fourth-order valence-electron chi connectivity index (χ4n) is 4.60. The molecular formula is C24H25N5O2S2. The first-order valence-corrected chi connectivity index (χ1v) is 12.7. The van der Waals surface area contributed by atoms with Crippen molar-refractivity contribution < 1.29 is 9.59 Å². The summed E-state index contributed by atoms with van der Waals surface area (Å²) < 4.78 is 0. The fraction of sp³-hybridized carbons (Fsp3) is 0.333. The smallest absolute Gasteiger partial charge is 0.254 e. The van der Waals surface area contributed by atoms with Crippen molar-refractivity contribution in [3.63, 3.8) is 0 Å². The fourth-order valence-corrected chi connectivity index (χ4v) is 6.10. The number of benzene rings is 1. The molecule has 9 heteroatoms. The number of thioether (sulfide) groups is 1. The molecule has 0 bridgehead atoms. The normalized spacial score (nSPS) is 17.3. The van der Waals surface area contributed by atoms with Gasteiger partial charge in [0.2, 0.25) is 5.91 Å². The molecule has 1 aliphatic carbocycles. The minimum Gasteiger partial charge on any atom is -0.353 e. The molecule has 1 aliphatic heterocycles. The Hall–Kier alpha value is -3.09. The lowest BCUT2D eigenvalue weighted by molar-refractivity contribution is -0.114. The first-order valence-electron chi connectivity index (χ1n) is 10.9. The van der Waals surface area contributed by atoms with E-state index in [2.05, 4.69) is 27.0 Å². The van der Waals surface area contributed by atoms with Crippen LogP contribution >= 0.6 is 23.1 Å². The first kappa shape index (κ1) is 23.1. The zero-order valence-corrected chi connectivity index (χ0v) is 19.9. The van der Waals surface area contributed by atoms with Gasteiger partial charge in [0.1, 0.15) is 0 Å². The average molecular weight is 480 g/mol. The molecule has 1 spiro atoms. The van der Waals surface area contributed by atoms with E-state index in [1.54, 1.807) is 11.6 Å². The molecule has 2 aromatic rings. The topological polar surface area (TPSA) is 107 Å².